The van der Waals surface area contributed by atoms with Gasteiger partial charge in [-0.25, -0.2) is 13.4 Å². The van der Waals surface area contributed by atoms with Crippen LogP contribution >= 0.6 is 0 Å². The summed E-state index contributed by atoms with van der Waals surface area (Å²) in [5.41, 5.74) is 6.98. The highest BCUT2D eigenvalue weighted by atomic mass is 32.2. The molecule has 2 bridgehead atoms. The van der Waals surface area contributed by atoms with Crippen molar-refractivity contribution in [2.24, 2.45) is 11.1 Å². The van der Waals surface area contributed by atoms with Crippen LogP contribution in [0.15, 0.2) is 54.6 Å². The summed E-state index contributed by atoms with van der Waals surface area (Å²) in [6.07, 6.45) is 3.98. The van der Waals surface area contributed by atoms with Crippen LogP contribution in [0.25, 0.3) is 10.8 Å². The van der Waals surface area contributed by atoms with Crippen LogP contribution in [0, 0.1) is 11.2 Å². The normalized spacial score (nSPS) is 25.7. The number of benzene rings is 3. The zero-order valence-corrected chi connectivity index (χ0v) is 20.3. The number of ether oxygens (including phenoxy) is 2. The van der Waals surface area contributed by atoms with E-state index in [9.17, 15) is 13.2 Å². The predicted octanol–water partition coefficient (Wildman–Crippen LogP) is 3.39. The largest absolute Gasteiger partial charge is 0.494 e. The third kappa shape index (κ3) is 3.94. The number of carbonyl (C=O) groups is 1. The molecule has 3 N–H and O–H groups in total. The second kappa shape index (κ2) is 8.07. The van der Waals surface area contributed by atoms with Gasteiger partial charge in [0.05, 0.1) is 6.61 Å². The number of rotatable bonds is 8. The van der Waals surface area contributed by atoms with Gasteiger partial charge < -0.3 is 15.2 Å². The molecular weight excluding hydrogens is 485 g/mol. The van der Waals surface area contributed by atoms with Crippen LogP contribution in [0.4, 0.5) is 10.1 Å². The van der Waals surface area contributed by atoms with Crippen molar-refractivity contribution in [1.82, 2.24) is 4.72 Å². The van der Waals surface area contributed by atoms with Crippen molar-refractivity contribution in [3.8, 4) is 11.5 Å². The number of nitrogens with one attached hydrogen (secondary N) is 1. The zero-order chi connectivity index (χ0) is 25.1. The zero-order valence-electron chi connectivity index (χ0n) is 19.5. The highest BCUT2D eigenvalue weighted by Gasteiger charge is 2.65. The quantitative estimate of drug-likeness (QED) is 0.480. The fourth-order valence-electron chi connectivity index (χ4n) is 5.85. The molecule has 1 aliphatic heterocycles. The molecule has 1 saturated heterocycles. The van der Waals surface area contributed by atoms with Crippen LogP contribution in [0.5, 0.6) is 11.5 Å². The first kappa shape index (κ1) is 23.1. The minimum atomic E-state index is -4.25. The molecule has 0 radical (unpaired) electrons. The average molecular weight is 512 g/mol. The molecule has 3 aromatic rings. The lowest BCUT2D eigenvalue weighted by molar-refractivity contribution is -0.140. The molecule has 3 saturated carbocycles. The minimum absolute atomic E-state index is 0.0249. The van der Waals surface area contributed by atoms with Gasteiger partial charge in [0.15, 0.2) is 5.82 Å². The predicted molar refractivity (Wildman–Crippen MR) is 132 cm³/mol. The SMILES string of the molecule is NC12CC(CCOc3ccc4cc(OCc5ccccc5)c(N5CC(=O)NS5(=O)=O)c(F)c4c3)(C1)C2. The number of fused-ring (bicyclic) bond motifs is 1. The average Bonchev–Trinajstić information content (AvgIpc) is 3.08. The van der Waals surface area contributed by atoms with Crippen LogP contribution in [0.2, 0.25) is 0 Å². The summed E-state index contributed by atoms with van der Waals surface area (Å²) in [5.74, 6) is -1.03. The van der Waals surface area contributed by atoms with Gasteiger partial charge in [-0.2, -0.15) is 8.42 Å². The summed E-state index contributed by atoms with van der Waals surface area (Å²) in [4.78, 5) is 11.9. The fraction of sp³-hybridized carbons (Fsp3) is 0.346. The number of amides is 1. The van der Waals surface area contributed by atoms with Crippen molar-refractivity contribution in [2.75, 3.05) is 17.5 Å². The van der Waals surface area contributed by atoms with Gasteiger partial charge in [0.2, 0.25) is 0 Å². The lowest BCUT2D eigenvalue weighted by Gasteiger charge is -2.69. The molecule has 0 aromatic heterocycles. The van der Waals surface area contributed by atoms with Crippen molar-refractivity contribution < 1.29 is 27.1 Å². The maximum absolute atomic E-state index is 16.0. The first-order valence-electron chi connectivity index (χ1n) is 11.8. The summed E-state index contributed by atoms with van der Waals surface area (Å²) in [7, 11) is -4.25. The highest BCUT2D eigenvalue weighted by molar-refractivity contribution is 7.92. The van der Waals surface area contributed by atoms with Crippen LogP contribution in [0.1, 0.15) is 31.2 Å². The first-order chi connectivity index (χ1) is 17.2. The van der Waals surface area contributed by atoms with Crippen LogP contribution in [0.3, 0.4) is 0 Å². The molecule has 36 heavy (non-hydrogen) atoms. The van der Waals surface area contributed by atoms with Gasteiger partial charge >= 0.3 is 10.2 Å². The Hall–Kier alpha value is -3.37. The molecule has 188 valence electrons. The Morgan fingerprint density at radius 3 is 2.47 bits per heavy atom. The van der Waals surface area contributed by atoms with Gasteiger partial charge in [-0.1, -0.05) is 36.4 Å². The standard InChI is InChI=1S/C26H26FN3O5S/c27-23-20-11-19(34-9-8-25-14-26(28,15-25)16-25)7-6-18(20)10-21(35-13-17-4-2-1-3-5-17)24(23)30-12-22(31)29-36(30,32)33/h1-7,10-11H,8-9,12-16,28H2,(H,29,31). The van der Waals surface area contributed by atoms with Crippen molar-refractivity contribution in [1.29, 1.82) is 0 Å². The summed E-state index contributed by atoms with van der Waals surface area (Å²) < 4.78 is 55.6. The van der Waals surface area contributed by atoms with Gasteiger partial charge in [0.25, 0.3) is 5.91 Å². The monoisotopic (exact) mass is 511 g/mol. The van der Waals surface area contributed by atoms with Gasteiger partial charge in [0.1, 0.15) is 30.3 Å². The topological polar surface area (TPSA) is 111 Å². The van der Waals surface area contributed by atoms with E-state index in [0.717, 1.165) is 31.2 Å². The van der Waals surface area contributed by atoms with Crippen LogP contribution < -0.4 is 24.2 Å². The summed E-state index contributed by atoms with van der Waals surface area (Å²) in [6.45, 7) is 0.0572. The van der Waals surface area contributed by atoms with Gasteiger partial charge in [-0.15, -0.1) is 0 Å². The van der Waals surface area contributed by atoms with Gasteiger partial charge in [-0.3, -0.25) is 4.79 Å². The Bertz CT molecular complexity index is 1460. The summed E-state index contributed by atoms with van der Waals surface area (Å²) in [5, 5.41) is 0.697. The first-order valence-corrected chi connectivity index (χ1v) is 13.3. The molecule has 0 atom stereocenters. The smallest absolute Gasteiger partial charge is 0.326 e. The molecule has 1 amide bonds. The second-order valence-electron chi connectivity index (χ2n) is 10.2. The van der Waals surface area contributed by atoms with E-state index < -0.39 is 28.5 Å². The van der Waals surface area contributed by atoms with Crippen molar-refractivity contribution in [3.05, 3.63) is 66.0 Å². The van der Waals surface area contributed by atoms with Crippen LogP contribution in [-0.4, -0.2) is 33.0 Å². The maximum atomic E-state index is 16.0. The number of hydrogen-bond acceptors (Lipinski definition) is 6. The molecule has 1 heterocycles. The van der Waals surface area contributed by atoms with E-state index in [4.69, 9.17) is 15.2 Å². The Labute approximate surface area is 208 Å². The third-order valence-corrected chi connectivity index (χ3v) is 8.76. The molecule has 0 unspecified atom stereocenters. The molecular formula is C26H26FN3O5S. The Balaban J connectivity index is 1.31. The Morgan fingerprint density at radius 1 is 1.06 bits per heavy atom. The molecule has 8 nitrogen and oxygen atoms in total. The summed E-state index contributed by atoms with van der Waals surface area (Å²) in [6, 6.07) is 15.9. The maximum Gasteiger partial charge on any atom is 0.326 e. The highest BCUT2D eigenvalue weighted by Crippen LogP contribution is 2.67. The van der Waals surface area contributed by atoms with Gasteiger partial charge in [-0.05, 0) is 60.2 Å². The number of nitrogens with zero attached hydrogens (tertiary/aromatic N) is 1. The molecule has 4 fully saturated rings. The third-order valence-electron chi connectivity index (χ3n) is 7.38. The minimum Gasteiger partial charge on any atom is -0.494 e. The van der Waals surface area contributed by atoms with Crippen molar-refractivity contribution in [3.63, 3.8) is 0 Å². The van der Waals surface area contributed by atoms with Crippen LogP contribution in [-0.2, 0) is 21.6 Å². The van der Waals surface area contributed by atoms with E-state index in [0.29, 0.717) is 27.5 Å². The molecule has 7 rings (SSSR count). The fourth-order valence-corrected chi connectivity index (χ4v) is 7.01. The van der Waals surface area contributed by atoms with Crippen molar-refractivity contribution in [2.45, 2.75) is 37.8 Å². The van der Waals surface area contributed by atoms with E-state index in [1.807, 2.05) is 35.1 Å². The molecule has 3 aromatic carbocycles. The number of hydrogen-bond donors (Lipinski definition) is 2. The van der Waals surface area contributed by atoms with E-state index in [1.54, 1.807) is 24.3 Å². The van der Waals surface area contributed by atoms with Crippen molar-refractivity contribution >= 4 is 32.6 Å². The van der Waals surface area contributed by atoms with E-state index in [2.05, 4.69) is 0 Å². The number of carbonyl (C=O) groups excluding carboxylic acids is 1. The number of halogens is 1. The Kier molecular flexibility index (Phi) is 5.17. The Morgan fingerprint density at radius 2 is 1.81 bits per heavy atom. The molecule has 0 spiro atoms. The lowest BCUT2D eigenvalue weighted by atomic mass is 9.39. The van der Waals surface area contributed by atoms with E-state index >= 15 is 4.39 Å². The second-order valence-corrected chi connectivity index (χ2v) is 11.8. The number of anilines is 1. The lowest BCUT2D eigenvalue weighted by Crippen LogP contribution is -2.72. The molecule has 3 aliphatic carbocycles. The van der Waals surface area contributed by atoms with Gasteiger partial charge in [0, 0.05) is 10.9 Å². The van der Waals surface area contributed by atoms with E-state index in [-0.39, 0.29) is 29.0 Å². The van der Waals surface area contributed by atoms with E-state index in [1.165, 1.54) is 0 Å². The molecule has 4 aliphatic rings. The summed E-state index contributed by atoms with van der Waals surface area (Å²) >= 11 is 0. The number of nitrogens with two attached hydrogens (primary N) is 1. The molecule has 10 heteroatoms.